The van der Waals surface area contributed by atoms with Crippen LogP contribution in [0.3, 0.4) is 0 Å². The van der Waals surface area contributed by atoms with Crippen molar-refractivity contribution in [1.29, 1.82) is 0 Å². The van der Waals surface area contributed by atoms with Gasteiger partial charge in [0, 0.05) is 22.7 Å². The molecule has 2 aromatic carbocycles. The van der Waals surface area contributed by atoms with E-state index in [4.69, 9.17) is 0 Å². The lowest BCUT2D eigenvalue weighted by Gasteiger charge is -2.52. The Balaban J connectivity index is 1.49. The van der Waals surface area contributed by atoms with Crippen LogP contribution in [0.5, 0.6) is 0 Å². The zero-order valence-electron chi connectivity index (χ0n) is 21.3. The second-order valence-corrected chi connectivity index (χ2v) is 10.4. The Morgan fingerprint density at radius 3 is 2.67 bits per heavy atom. The molecule has 0 aliphatic heterocycles. The van der Waals surface area contributed by atoms with Crippen LogP contribution in [0.1, 0.15) is 71.2 Å². The zero-order chi connectivity index (χ0) is 25.3. The number of amides is 1. The van der Waals surface area contributed by atoms with Gasteiger partial charge in [-0.15, -0.1) is 5.92 Å². The van der Waals surface area contributed by atoms with E-state index < -0.39 is 5.60 Å². The first-order chi connectivity index (χ1) is 17.3. The minimum Gasteiger partial charge on any atom is -0.378 e. The number of nitrogens with one attached hydrogen (secondary N) is 1. The van der Waals surface area contributed by atoms with Gasteiger partial charge < -0.3 is 10.4 Å². The van der Waals surface area contributed by atoms with Crippen LogP contribution in [0.2, 0.25) is 0 Å². The van der Waals surface area contributed by atoms with E-state index in [0.29, 0.717) is 36.0 Å². The van der Waals surface area contributed by atoms with Gasteiger partial charge in [-0.05, 0) is 94.0 Å². The number of aryl methyl sites for hydroxylation is 3. The number of hydrogen-bond acceptors (Lipinski definition) is 4. The highest BCUT2D eigenvalue weighted by Gasteiger charge is 2.51. The fourth-order valence-corrected chi connectivity index (χ4v) is 6.43. The molecular formula is C31H33N3O2. The SMILES string of the molecule is CC#C[C@@]1(O)CC[C@@]2(Cc3ccccc3)c3ccc(C(=O)Nc4cc(C)nc(C)n4)cc3CC[C@@H]2C1. The van der Waals surface area contributed by atoms with Gasteiger partial charge in [0.1, 0.15) is 17.2 Å². The molecule has 5 rings (SSSR count). The summed E-state index contributed by atoms with van der Waals surface area (Å²) in [4.78, 5) is 21.7. The highest BCUT2D eigenvalue weighted by atomic mass is 16.3. The minimum atomic E-state index is -0.912. The van der Waals surface area contributed by atoms with Gasteiger partial charge in [-0.3, -0.25) is 4.79 Å². The van der Waals surface area contributed by atoms with Crippen LogP contribution >= 0.6 is 0 Å². The highest BCUT2D eigenvalue weighted by molar-refractivity contribution is 6.04. The second-order valence-electron chi connectivity index (χ2n) is 10.4. The van der Waals surface area contributed by atoms with Crippen LogP contribution in [0.25, 0.3) is 0 Å². The Bertz CT molecular complexity index is 1340. The summed E-state index contributed by atoms with van der Waals surface area (Å²) in [6.45, 7) is 5.52. The number of carbonyl (C=O) groups is 1. The van der Waals surface area contributed by atoms with Crippen molar-refractivity contribution in [1.82, 2.24) is 9.97 Å². The molecule has 1 heterocycles. The van der Waals surface area contributed by atoms with Gasteiger partial charge in [-0.2, -0.15) is 0 Å². The van der Waals surface area contributed by atoms with E-state index in [9.17, 15) is 9.90 Å². The van der Waals surface area contributed by atoms with Gasteiger partial charge in [0.2, 0.25) is 0 Å². The number of carbonyl (C=O) groups excluding carboxylic acids is 1. The van der Waals surface area contributed by atoms with Crippen molar-refractivity contribution >= 4 is 11.7 Å². The monoisotopic (exact) mass is 479 g/mol. The molecule has 1 fully saturated rings. The minimum absolute atomic E-state index is 0.0769. The average molecular weight is 480 g/mol. The second kappa shape index (κ2) is 9.52. The van der Waals surface area contributed by atoms with E-state index in [1.807, 2.05) is 19.9 Å². The van der Waals surface area contributed by atoms with Crippen LogP contribution in [-0.4, -0.2) is 26.6 Å². The number of fused-ring (bicyclic) bond motifs is 3. The van der Waals surface area contributed by atoms with Crippen molar-refractivity contribution in [3.8, 4) is 11.8 Å². The Labute approximate surface area is 213 Å². The zero-order valence-corrected chi connectivity index (χ0v) is 21.3. The van der Waals surface area contributed by atoms with Crippen molar-refractivity contribution in [3.05, 3.63) is 88.4 Å². The van der Waals surface area contributed by atoms with Crippen LogP contribution in [0.4, 0.5) is 5.82 Å². The maximum absolute atomic E-state index is 13.1. The van der Waals surface area contributed by atoms with E-state index in [2.05, 4.69) is 69.6 Å². The number of anilines is 1. The fraction of sp³-hybridized carbons (Fsp3) is 0.387. The Morgan fingerprint density at radius 1 is 1.11 bits per heavy atom. The first kappa shape index (κ1) is 24.2. The maximum atomic E-state index is 13.1. The Kier molecular flexibility index (Phi) is 6.40. The topological polar surface area (TPSA) is 75.1 Å². The lowest BCUT2D eigenvalue weighted by Crippen LogP contribution is -2.50. The molecule has 1 aromatic heterocycles. The van der Waals surface area contributed by atoms with Crippen LogP contribution < -0.4 is 5.32 Å². The molecule has 2 aliphatic carbocycles. The number of rotatable bonds is 4. The first-order valence-electron chi connectivity index (χ1n) is 12.8. The summed E-state index contributed by atoms with van der Waals surface area (Å²) in [5, 5.41) is 14.1. The van der Waals surface area contributed by atoms with Gasteiger partial charge >= 0.3 is 0 Å². The number of aliphatic hydroxyl groups is 1. The summed E-state index contributed by atoms with van der Waals surface area (Å²) in [5.41, 5.74) is 4.33. The number of aromatic nitrogens is 2. The molecule has 5 heteroatoms. The summed E-state index contributed by atoms with van der Waals surface area (Å²) < 4.78 is 0. The number of hydrogen-bond donors (Lipinski definition) is 2. The standard InChI is InChI=1S/C31H33N3O2/c1-4-14-30(36)15-16-31(19-23-8-6-5-7-9-23)26(20-30)12-10-24-18-25(11-13-27(24)31)29(35)34-28-17-21(2)32-22(3)33-28/h5-9,11,13,17-18,26,36H,10,12,15-16,19-20H2,1-3H3,(H,32,33,34,35)/t26-,30-,31+/m1/s1. The molecule has 1 amide bonds. The third-order valence-corrected chi connectivity index (χ3v) is 7.94. The molecule has 3 aromatic rings. The smallest absolute Gasteiger partial charge is 0.256 e. The van der Waals surface area contributed by atoms with Crippen molar-refractivity contribution in [3.63, 3.8) is 0 Å². The predicted molar refractivity (Wildman–Crippen MR) is 142 cm³/mol. The summed E-state index contributed by atoms with van der Waals surface area (Å²) in [5.74, 6) is 7.37. The van der Waals surface area contributed by atoms with Crippen molar-refractivity contribution in [2.45, 2.75) is 70.3 Å². The third kappa shape index (κ3) is 4.66. The molecule has 1 saturated carbocycles. The van der Waals surface area contributed by atoms with Crippen molar-refractivity contribution < 1.29 is 9.90 Å². The van der Waals surface area contributed by atoms with E-state index in [1.54, 1.807) is 13.0 Å². The van der Waals surface area contributed by atoms with Gasteiger partial charge in [-0.1, -0.05) is 42.3 Å². The molecule has 0 bridgehead atoms. The molecule has 36 heavy (non-hydrogen) atoms. The molecule has 184 valence electrons. The Morgan fingerprint density at radius 2 is 1.92 bits per heavy atom. The number of benzene rings is 2. The van der Waals surface area contributed by atoms with E-state index in [0.717, 1.165) is 31.4 Å². The highest BCUT2D eigenvalue weighted by Crippen LogP contribution is 2.54. The van der Waals surface area contributed by atoms with Crippen molar-refractivity contribution in [2.75, 3.05) is 5.32 Å². The fourth-order valence-electron chi connectivity index (χ4n) is 6.43. The summed E-state index contributed by atoms with van der Waals surface area (Å²) in [7, 11) is 0. The van der Waals surface area contributed by atoms with Gasteiger partial charge in [0.05, 0.1) is 0 Å². The average Bonchev–Trinajstić information content (AvgIpc) is 2.84. The molecule has 0 spiro atoms. The maximum Gasteiger partial charge on any atom is 0.256 e. The molecule has 0 radical (unpaired) electrons. The van der Waals surface area contributed by atoms with Crippen LogP contribution in [0.15, 0.2) is 54.6 Å². The van der Waals surface area contributed by atoms with Crippen molar-refractivity contribution in [2.24, 2.45) is 5.92 Å². The summed E-state index contributed by atoms with van der Waals surface area (Å²) in [6, 6.07) is 18.6. The van der Waals surface area contributed by atoms with Gasteiger partial charge in [0.25, 0.3) is 5.91 Å². The molecule has 2 aliphatic rings. The van der Waals surface area contributed by atoms with Gasteiger partial charge in [0.15, 0.2) is 0 Å². The largest absolute Gasteiger partial charge is 0.378 e. The lowest BCUT2D eigenvalue weighted by molar-refractivity contribution is -0.00801. The van der Waals surface area contributed by atoms with E-state index in [1.165, 1.54) is 16.7 Å². The molecule has 0 unspecified atom stereocenters. The van der Waals surface area contributed by atoms with E-state index >= 15 is 0 Å². The van der Waals surface area contributed by atoms with Gasteiger partial charge in [-0.25, -0.2) is 9.97 Å². The summed E-state index contributed by atoms with van der Waals surface area (Å²) in [6.07, 6.45) is 5.00. The van der Waals surface area contributed by atoms with Crippen LogP contribution in [0, 0.1) is 31.6 Å². The normalized spacial score (nSPS) is 24.6. The van der Waals surface area contributed by atoms with Crippen LogP contribution in [-0.2, 0) is 18.3 Å². The quantitative estimate of drug-likeness (QED) is 0.496. The molecule has 0 saturated heterocycles. The predicted octanol–water partition coefficient (Wildman–Crippen LogP) is 5.33. The third-order valence-electron chi connectivity index (χ3n) is 7.94. The van der Waals surface area contributed by atoms with E-state index in [-0.39, 0.29) is 11.3 Å². The molecule has 3 atom stereocenters. The number of nitrogens with zero attached hydrogens (tertiary/aromatic N) is 2. The molecular weight excluding hydrogens is 446 g/mol. The first-order valence-corrected chi connectivity index (χ1v) is 12.8. The molecule has 2 N–H and O–H groups in total. The lowest BCUT2D eigenvalue weighted by atomic mass is 9.52. The Hall–Kier alpha value is -3.49. The summed E-state index contributed by atoms with van der Waals surface area (Å²) >= 11 is 0. The molecule has 5 nitrogen and oxygen atoms in total.